The van der Waals surface area contributed by atoms with Crippen LogP contribution in [0.3, 0.4) is 0 Å². The van der Waals surface area contributed by atoms with E-state index in [4.69, 9.17) is 5.73 Å². The Morgan fingerprint density at radius 3 is 3.06 bits per heavy atom. The monoisotopic (exact) mass is 252 g/mol. The van der Waals surface area contributed by atoms with Crippen LogP contribution in [0.2, 0.25) is 0 Å². The zero-order chi connectivity index (χ0) is 12.1. The molecule has 1 aromatic heterocycles. The van der Waals surface area contributed by atoms with Gasteiger partial charge in [0.25, 0.3) is 0 Å². The molecule has 3 N–H and O–H groups in total. The van der Waals surface area contributed by atoms with Crippen molar-refractivity contribution in [1.82, 2.24) is 10.3 Å². The fraction of sp³-hybridized carbons (Fsp3) is 0.667. The molecule has 1 aliphatic rings. The van der Waals surface area contributed by atoms with Crippen molar-refractivity contribution in [1.29, 1.82) is 0 Å². The van der Waals surface area contributed by atoms with Gasteiger partial charge in [0, 0.05) is 24.9 Å². The largest absolute Gasteiger partial charge is 0.370 e. The lowest BCUT2D eigenvalue weighted by molar-refractivity contribution is 0.326. The highest BCUT2D eigenvalue weighted by Crippen LogP contribution is 2.26. The fourth-order valence-corrected chi connectivity index (χ4v) is 2.45. The van der Waals surface area contributed by atoms with Gasteiger partial charge in [-0.1, -0.05) is 6.42 Å². The number of nitrogens with one attached hydrogen (secondary N) is 1. The number of hydrogen-bond acceptors (Lipinski definition) is 3. The Kier molecular flexibility index (Phi) is 4.36. The Morgan fingerprint density at radius 2 is 2.47 bits per heavy atom. The molecule has 0 radical (unpaired) electrons. The van der Waals surface area contributed by atoms with E-state index in [-0.39, 0.29) is 0 Å². The van der Waals surface area contributed by atoms with Crippen LogP contribution in [0.15, 0.2) is 10.4 Å². The highest BCUT2D eigenvalue weighted by atomic mass is 32.1. The molecule has 5 heteroatoms. The first-order chi connectivity index (χ1) is 8.24. The fourth-order valence-electron chi connectivity index (χ4n) is 1.80. The minimum absolute atomic E-state index is 0.573. The summed E-state index contributed by atoms with van der Waals surface area (Å²) in [5.41, 5.74) is 6.92. The van der Waals surface area contributed by atoms with Crippen molar-refractivity contribution < 1.29 is 0 Å². The van der Waals surface area contributed by atoms with E-state index in [1.54, 1.807) is 11.3 Å². The number of hydrogen-bond donors (Lipinski definition) is 2. The van der Waals surface area contributed by atoms with Crippen LogP contribution in [-0.2, 0) is 6.42 Å². The summed E-state index contributed by atoms with van der Waals surface area (Å²) in [6.07, 6.45) is 4.89. The summed E-state index contributed by atoms with van der Waals surface area (Å²) < 4.78 is 0. The van der Waals surface area contributed by atoms with Gasteiger partial charge in [0.15, 0.2) is 5.96 Å². The van der Waals surface area contributed by atoms with E-state index in [9.17, 15) is 0 Å². The number of aryl methyl sites for hydroxylation is 1. The summed E-state index contributed by atoms with van der Waals surface area (Å²) in [5.74, 6) is 1.35. The molecule has 0 unspecified atom stereocenters. The lowest BCUT2D eigenvalue weighted by Crippen LogP contribution is -2.34. The van der Waals surface area contributed by atoms with Crippen LogP contribution in [0.5, 0.6) is 0 Å². The highest BCUT2D eigenvalue weighted by molar-refractivity contribution is 7.09. The van der Waals surface area contributed by atoms with E-state index in [1.165, 1.54) is 19.3 Å². The van der Waals surface area contributed by atoms with Gasteiger partial charge in [-0.15, -0.1) is 11.3 Å². The molecule has 1 heterocycles. The molecule has 0 saturated heterocycles. The molecule has 94 valence electrons. The number of thiazole rings is 1. The van der Waals surface area contributed by atoms with Crippen LogP contribution < -0.4 is 11.1 Å². The molecule has 1 fully saturated rings. The summed E-state index contributed by atoms with van der Waals surface area (Å²) in [6, 6.07) is 0. The van der Waals surface area contributed by atoms with E-state index in [0.29, 0.717) is 5.96 Å². The molecule has 1 aromatic rings. The SMILES string of the molecule is Cc1nc(CCNC(N)=NCC2CCC2)cs1. The molecule has 1 saturated carbocycles. The summed E-state index contributed by atoms with van der Waals surface area (Å²) in [5, 5.41) is 6.35. The Labute approximate surface area is 106 Å². The Hall–Kier alpha value is -1.10. The predicted octanol–water partition coefficient (Wildman–Crippen LogP) is 1.70. The van der Waals surface area contributed by atoms with Crippen LogP contribution >= 0.6 is 11.3 Å². The van der Waals surface area contributed by atoms with Crippen molar-refractivity contribution in [2.75, 3.05) is 13.1 Å². The van der Waals surface area contributed by atoms with E-state index >= 15 is 0 Å². The van der Waals surface area contributed by atoms with Crippen LogP contribution in [0.4, 0.5) is 0 Å². The molecular weight excluding hydrogens is 232 g/mol. The van der Waals surface area contributed by atoms with Crippen molar-refractivity contribution >= 4 is 17.3 Å². The zero-order valence-corrected chi connectivity index (χ0v) is 11.1. The van der Waals surface area contributed by atoms with Gasteiger partial charge in [0.1, 0.15) is 0 Å². The smallest absolute Gasteiger partial charge is 0.188 e. The first kappa shape index (κ1) is 12.4. The molecule has 0 aliphatic heterocycles. The summed E-state index contributed by atoms with van der Waals surface area (Å²) >= 11 is 1.69. The number of rotatable bonds is 5. The summed E-state index contributed by atoms with van der Waals surface area (Å²) in [4.78, 5) is 8.75. The quantitative estimate of drug-likeness (QED) is 0.619. The number of guanidine groups is 1. The number of aromatic nitrogens is 1. The summed E-state index contributed by atoms with van der Waals surface area (Å²) in [6.45, 7) is 3.72. The molecule has 0 bridgehead atoms. The van der Waals surface area contributed by atoms with Crippen molar-refractivity contribution in [3.8, 4) is 0 Å². The van der Waals surface area contributed by atoms with Gasteiger partial charge >= 0.3 is 0 Å². The van der Waals surface area contributed by atoms with Crippen molar-refractivity contribution in [2.24, 2.45) is 16.6 Å². The number of nitrogens with zero attached hydrogens (tertiary/aromatic N) is 2. The minimum Gasteiger partial charge on any atom is -0.370 e. The Morgan fingerprint density at radius 1 is 1.65 bits per heavy atom. The average Bonchev–Trinajstić information content (AvgIpc) is 2.62. The molecule has 1 aliphatic carbocycles. The molecule has 0 atom stereocenters. The van der Waals surface area contributed by atoms with E-state index in [1.807, 2.05) is 6.92 Å². The van der Waals surface area contributed by atoms with Gasteiger partial charge in [-0.05, 0) is 25.7 Å². The van der Waals surface area contributed by atoms with Crippen LogP contribution in [0, 0.1) is 12.8 Å². The van der Waals surface area contributed by atoms with Crippen molar-refractivity contribution in [3.05, 3.63) is 16.1 Å². The van der Waals surface area contributed by atoms with Crippen molar-refractivity contribution in [2.45, 2.75) is 32.6 Å². The van der Waals surface area contributed by atoms with Crippen LogP contribution in [0.25, 0.3) is 0 Å². The van der Waals surface area contributed by atoms with E-state index in [2.05, 4.69) is 20.7 Å². The van der Waals surface area contributed by atoms with Crippen LogP contribution in [-0.4, -0.2) is 24.0 Å². The van der Waals surface area contributed by atoms with E-state index < -0.39 is 0 Å². The molecule has 0 spiro atoms. The summed E-state index contributed by atoms with van der Waals surface area (Å²) in [7, 11) is 0. The molecular formula is C12H20N4S. The maximum Gasteiger partial charge on any atom is 0.188 e. The van der Waals surface area contributed by atoms with Crippen molar-refractivity contribution in [3.63, 3.8) is 0 Å². The lowest BCUT2D eigenvalue weighted by atomic mass is 9.86. The third-order valence-electron chi connectivity index (χ3n) is 3.10. The first-order valence-electron chi connectivity index (χ1n) is 6.19. The first-order valence-corrected chi connectivity index (χ1v) is 7.07. The predicted molar refractivity (Wildman–Crippen MR) is 72.4 cm³/mol. The second-order valence-electron chi connectivity index (χ2n) is 4.56. The number of nitrogens with two attached hydrogens (primary N) is 1. The molecule has 4 nitrogen and oxygen atoms in total. The standard InChI is InChI=1S/C12H20N4S/c1-9-16-11(8-17-9)5-6-14-12(13)15-7-10-3-2-4-10/h8,10H,2-7H2,1H3,(H3,13,14,15). The normalized spacial score (nSPS) is 16.9. The molecule has 0 aromatic carbocycles. The number of aliphatic imine (C=N–C) groups is 1. The van der Waals surface area contributed by atoms with Gasteiger partial charge in [-0.2, -0.15) is 0 Å². The maximum absolute atomic E-state index is 5.79. The van der Waals surface area contributed by atoms with Crippen LogP contribution in [0.1, 0.15) is 30.0 Å². The van der Waals surface area contributed by atoms with Gasteiger partial charge < -0.3 is 11.1 Å². The molecule has 17 heavy (non-hydrogen) atoms. The highest BCUT2D eigenvalue weighted by Gasteiger charge is 2.16. The van der Waals surface area contributed by atoms with Gasteiger partial charge in [-0.25, -0.2) is 4.98 Å². The minimum atomic E-state index is 0.573. The maximum atomic E-state index is 5.79. The third kappa shape index (κ3) is 4.00. The lowest BCUT2D eigenvalue weighted by Gasteiger charge is -2.23. The Balaban J connectivity index is 1.63. The van der Waals surface area contributed by atoms with Gasteiger partial charge in [0.2, 0.25) is 0 Å². The molecule has 2 rings (SSSR count). The van der Waals surface area contributed by atoms with E-state index in [0.717, 1.165) is 36.1 Å². The zero-order valence-electron chi connectivity index (χ0n) is 10.3. The topological polar surface area (TPSA) is 63.3 Å². The van der Waals surface area contributed by atoms with Gasteiger partial charge in [-0.3, -0.25) is 4.99 Å². The second kappa shape index (κ2) is 6.00. The molecule has 0 amide bonds. The second-order valence-corrected chi connectivity index (χ2v) is 5.62. The third-order valence-corrected chi connectivity index (χ3v) is 3.92. The Bertz CT molecular complexity index is 382. The average molecular weight is 252 g/mol. The van der Waals surface area contributed by atoms with Gasteiger partial charge in [0.05, 0.1) is 10.7 Å².